The van der Waals surface area contributed by atoms with E-state index in [1.54, 1.807) is 43.6 Å². The van der Waals surface area contributed by atoms with Gasteiger partial charge in [0.2, 0.25) is 10.0 Å². The molecule has 0 saturated carbocycles. The summed E-state index contributed by atoms with van der Waals surface area (Å²) < 4.78 is 28.7. The fourth-order valence-electron chi connectivity index (χ4n) is 1.86. The van der Waals surface area contributed by atoms with E-state index in [0.29, 0.717) is 8.95 Å². The normalized spacial score (nSPS) is 13.1. The van der Waals surface area contributed by atoms with E-state index in [1.807, 2.05) is 0 Å². The Balaban J connectivity index is 2.36. The topological polar surface area (TPSA) is 85.1 Å². The number of hydrogen-bond donors (Lipinski definition) is 2. The standard InChI is InChI=1S/C13H13Br2N3O2S/c1-8(9-3-2-4-17-7-9)18-21(19,20)13-11(15)5-10(14)6-12(13)16/h2-8,18H,16H2,1H3. The van der Waals surface area contributed by atoms with Gasteiger partial charge >= 0.3 is 0 Å². The quantitative estimate of drug-likeness (QED) is 0.723. The molecule has 2 aromatic rings. The van der Waals surface area contributed by atoms with Gasteiger partial charge < -0.3 is 5.73 Å². The Morgan fingerprint density at radius 2 is 2.05 bits per heavy atom. The van der Waals surface area contributed by atoms with E-state index in [0.717, 1.165) is 5.56 Å². The average molecular weight is 435 g/mol. The minimum atomic E-state index is -3.76. The van der Waals surface area contributed by atoms with Gasteiger partial charge in [0.05, 0.1) is 5.69 Å². The summed E-state index contributed by atoms with van der Waals surface area (Å²) in [6.07, 6.45) is 3.25. The molecule has 0 aliphatic rings. The van der Waals surface area contributed by atoms with E-state index < -0.39 is 16.1 Å². The van der Waals surface area contributed by atoms with Gasteiger partial charge in [0.15, 0.2) is 0 Å². The second-order valence-electron chi connectivity index (χ2n) is 4.44. The highest BCUT2D eigenvalue weighted by Crippen LogP contribution is 2.32. The molecule has 1 heterocycles. The predicted octanol–water partition coefficient (Wildman–Crippen LogP) is 3.23. The SMILES string of the molecule is CC(NS(=O)(=O)c1c(N)cc(Br)cc1Br)c1cccnc1. The van der Waals surface area contributed by atoms with E-state index in [2.05, 4.69) is 41.6 Å². The number of nitrogens with one attached hydrogen (secondary N) is 1. The number of sulfonamides is 1. The smallest absolute Gasteiger partial charge is 0.244 e. The molecular weight excluding hydrogens is 422 g/mol. The lowest BCUT2D eigenvalue weighted by atomic mass is 10.2. The van der Waals surface area contributed by atoms with Gasteiger partial charge in [-0.3, -0.25) is 4.98 Å². The van der Waals surface area contributed by atoms with Gasteiger partial charge in [0, 0.05) is 27.4 Å². The Labute approximate surface area is 140 Å². The van der Waals surface area contributed by atoms with E-state index in [1.165, 1.54) is 0 Å². The van der Waals surface area contributed by atoms with Crippen molar-refractivity contribution in [1.82, 2.24) is 9.71 Å². The molecule has 0 aliphatic heterocycles. The Hall–Kier alpha value is -0.960. The molecule has 2 rings (SSSR count). The van der Waals surface area contributed by atoms with E-state index >= 15 is 0 Å². The number of pyridine rings is 1. The second-order valence-corrected chi connectivity index (χ2v) is 7.86. The molecule has 1 atom stereocenters. The summed E-state index contributed by atoms with van der Waals surface area (Å²) in [6.45, 7) is 1.75. The monoisotopic (exact) mass is 433 g/mol. The predicted molar refractivity (Wildman–Crippen MR) is 89.2 cm³/mol. The number of nitrogens with two attached hydrogens (primary N) is 1. The van der Waals surface area contributed by atoms with Crippen LogP contribution in [-0.4, -0.2) is 13.4 Å². The van der Waals surface area contributed by atoms with E-state index in [-0.39, 0.29) is 10.6 Å². The van der Waals surface area contributed by atoms with Crippen LogP contribution in [0.4, 0.5) is 5.69 Å². The van der Waals surface area contributed by atoms with Crippen LogP contribution in [0.1, 0.15) is 18.5 Å². The molecule has 8 heteroatoms. The zero-order valence-corrected chi connectivity index (χ0v) is 15.0. The Morgan fingerprint density at radius 1 is 1.33 bits per heavy atom. The van der Waals surface area contributed by atoms with Crippen LogP contribution < -0.4 is 10.5 Å². The first kappa shape index (κ1) is 16.4. The lowest BCUT2D eigenvalue weighted by Crippen LogP contribution is -2.28. The van der Waals surface area contributed by atoms with Gasteiger partial charge in [0.1, 0.15) is 4.90 Å². The lowest BCUT2D eigenvalue weighted by Gasteiger charge is -2.16. The molecule has 1 unspecified atom stereocenters. The summed E-state index contributed by atoms with van der Waals surface area (Å²) in [5.74, 6) is 0. The van der Waals surface area contributed by atoms with Crippen LogP contribution in [0.2, 0.25) is 0 Å². The van der Waals surface area contributed by atoms with Crippen LogP contribution >= 0.6 is 31.9 Å². The number of nitrogens with zero attached hydrogens (tertiary/aromatic N) is 1. The van der Waals surface area contributed by atoms with Crippen molar-refractivity contribution >= 4 is 47.6 Å². The number of rotatable bonds is 4. The molecule has 1 aromatic heterocycles. The van der Waals surface area contributed by atoms with Gasteiger partial charge in [-0.25, -0.2) is 13.1 Å². The highest BCUT2D eigenvalue weighted by molar-refractivity contribution is 9.11. The fraction of sp³-hybridized carbons (Fsp3) is 0.154. The zero-order chi connectivity index (χ0) is 15.6. The second kappa shape index (κ2) is 6.43. The van der Waals surface area contributed by atoms with Crippen molar-refractivity contribution in [2.45, 2.75) is 17.9 Å². The molecule has 5 nitrogen and oxygen atoms in total. The average Bonchev–Trinajstić information content (AvgIpc) is 2.37. The summed E-state index contributed by atoms with van der Waals surface area (Å²) in [4.78, 5) is 4.01. The van der Waals surface area contributed by atoms with Crippen molar-refractivity contribution in [2.24, 2.45) is 0 Å². The molecule has 112 valence electrons. The van der Waals surface area contributed by atoms with Crippen molar-refractivity contribution in [1.29, 1.82) is 0 Å². The summed E-state index contributed by atoms with van der Waals surface area (Å²) in [6, 6.07) is 6.33. The van der Waals surface area contributed by atoms with Crippen molar-refractivity contribution in [3.8, 4) is 0 Å². The molecule has 0 bridgehead atoms. The first-order valence-corrected chi connectivity index (χ1v) is 9.05. The summed E-state index contributed by atoms with van der Waals surface area (Å²) >= 11 is 6.51. The number of halogens is 2. The van der Waals surface area contributed by atoms with Crippen LogP contribution in [0, 0.1) is 0 Å². The first-order valence-electron chi connectivity index (χ1n) is 5.98. The Bertz CT molecular complexity index is 728. The summed E-state index contributed by atoms with van der Waals surface area (Å²) in [5.41, 5.74) is 6.77. The zero-order valence-electron chi connectivity index (χ0n) is 11.0. The van der Waals surface area contributed by atoms with Crippen LogP contribution in [0.25, 0.3) is 0 Å². The molecule has 0 aliphatic carbocycles. The van der Waals surface area contributed by atoms with Gasteiger partial charge in [-0.2, -0.15) is 0 Å². The third-order valence-corrected chi connectivity index (χ3v) is 5.82. The van der Waals surface area contributed by atoms with Gasteiger partial charge in [0.25, 0.3) is 0 Å². The van der Waals surface area contributed by atoms with Crippen molar-refractivity contribution in [2.75, 3.05) is 5.73 Å². The first-order chi connectivity index (χ1) is 9.81. The molecule has 3 N–H and O–H groups in total. The molecule has 0 radical (unpaired) electrons. The number of benzene rings is 1. The fourth-order valence-corrected chi connectivity index (χ4v) is 5.16. The molecule has 0 fully saturated rings. The van der Waals surface area contributed by atoms with Gasteiger partial charge in [-0.05, 0) is 46.6 Å². The molecule has 1 aromatic carbocycles. The number of nitrogen functional groups attached to an aromatic ring is 1. The van der Waals surface area contributed by atoms with Crippen LogP contribution in [0.15, 0.2) is 50.5 Å². The Morgan fingerprint density at radius 3 is 2.62 bits per heavy atom. The number of hydrogen-bond acceptors (Lipinski definition) is 4. The van der Waals surface area contributed by atoms with E-state index in [4.69, 9.17) is 5.73 Å². The third kappa shape index (κ3) is 3.82. The summed E-state index contributed by atoms with van der Waals surface area (Å²) in [5, 5.41) is 0. The van der Waals surface area contributed by atoms with Gasteiger partial charge in [-0.15, -0.1) is 0 Å². The molecule has 21 heavy (non-hydrogen) atoms. The molecule has 0 saturated heterocycles. The largest absolute Gasteiger partial charge is 0.398 e. The maximum absolute atomic E-state index is 12.5. The van der Waals surface area contributed by atoms with E-state index in [9.17, 15) is 8.42 Å². The van der Waals surface area contributed by atoms with Gasteiger partial charge in [-0.1, -0.05) is 22.0 Å². The highest BCUT2D eigenvalue weighted by Gasteiger charge is 2.24. The minimum Gasteiger partial charge on any atom is -0.398 e. The van der Waals surface area contributed by atoms with Crippen molar-refractivity contribution < 1.29 is 8.42 Å². The highest BCUT2D eigenvalue weighted by atomic mass is 79.9. The minimum absolute atomic E-state index is 0.0291. The van der Waals surface area contributed by atoms with Crippen molar-refractivity contribution in [3.63, 3.8) is 0 Å². The van der Waals surface area contributed by atoms with Crippen LogP contribution in [0.3, 0.4) is 0 Å². The Kier molecular flexibility index (Phi) is 5.03. The van der Waals surface area contributed by atoms with Crippen LogP contribution in [-0.2, 0) is 10.0 Å². The van der Waals surface area contributed by atoms with Crippen LogP contribution in [0.5, 0.6) is 0 Å². The maximum Gasteiger partial charge on any atom is 0.244 e. The number of aromatic nitrogens is 1. The number of anilines is 1. The maximum atomic E-state index is 12.5. The molecule has 0 spiro atoms. The summed E-state index contributed by atoms with van der Waals surface area (Å²) in [7, 11) is -3.76. The molecular formula is C13H13Br2N3O2S. The third-order valence-electron chi connectivity index (χ3n) is 2.82. The lowest BCUT2D eigenvalue weighted by molar-refractivity contribution is 0.566. The molecule has 0 amide bonds. The van der Waals surface area contributed by atoms with Crippen molar-refractivity contribution in [3.05, 3.63) is 51.2 Å².